The average molecular weight is 561 g/mol. The minimum Gasteiger partial charge on any atom is -0.477 e. The molecule has 0 aromatic carbocycles. The molecular weight excluding hydrogens is 540 g/mol. The van der Waals surface area contributed by atoms with E-state index >= 15 is 0 Å². The van der Waals surface area contributed by atoms with E-state index in [1.807, 2.05) is 17.6 Å². The SMILES string of the molecule is Nc1nc(/C(=N/O)C(=O)N[C@@H]2C(=O)N3C(C(=O)O)=C(C(/C=C4/CC=CS4)=C4\CCNC4=O)CS[C@H]23)cs1. The summed E-state index contributed by atoms with van der Waals surface area (Å²) in [4.78, 5) is 56.9. The van der Waals surface area contributed by atoms with E-state index in [0.29, 0.717) is 36.1 Å². The molecule has 0 unspecified atom stereocenters. The van der Waals surface area contributed by atoms with Gasteiger partial charge in [-0.25, -0.2) is 9.78 Å². The average Bonchev–Trinajstić information content (AvgIpc) is 3.64. The van der Waals surface area contributed by atoms with E-state index in [4.69, 9.17) is 5.73 Å². The zero-order chi connectivity index (χ0) is 26.3. The Hall–Kier alpha value is -3.56. The van der Waals surface area contributed by atoms with Crippen LogP contribution in [0, 0.1) is 0 Å². The summed E-state index contributed by atoms with van der Waals surface area (Å²) in [7, 11) is 0. The maximum atomic E-state index is 13.1. The highest BCUT2D eigenvalue weighted by molar-refractivity contribution is 8.06. The van der Waals surface area contributed by atoms with Gasteiger partial charge in [0.15, 0.2) is 10.8 Å². The number of thioether (sulfide) groups is 2. The number of allylic oxidation sites excluding steroid dienone is 4. The maximum Gasteiger partial charge on any atom is 0.352 e. The number of fused-ring (bicyclic) bond motifs is 1. The van der Waals surface area contributed by atoms with Gasteiger partial charge in [-0.1, -0.05) is 11.2 Å². The van der Waals surface area contributed by atoms with Crippen LogP contribution < -0.4 is 16.4 Å². The molecule has 2 saturated heterocycles. The lowest BCUT2D eigenvalue weighted by Crippen LogP contribution is -2.71. The third kappa shape index (κ3) is 4.53. The van der Waals surface area contributed by atoms with E-state index in [9.17, 15) is 29.5 Å². The first-order chi connectivity index (χ1) is 17.8. The van der Waals surface area contributed by atoms with Gasteiger partial charge in [0.25, 0.3) is 11.8 Å². The van der Waals surface area contributed by atoms with Crippen molar-refractivity contribution in [2.45, 2.75) is 24.3 Å². The van der Waals surface area contributed by atoms with Crippen molar-refractivity contribution in [2.75, 3.05) is 18.0 Å². The Balaban J connectivity index is 1.45. The number of rotatable bonds is 6. The Labute approximate surface area is 222 Å². The number of nitrogen functional groups attached to an aromatic ring is 1. The smallest absolute Gasteiger partial charge is 0.352 e. The van der Waals surface area contributed by atoms with Crippen LogP contribution >= 0.6 is 34.9 Å². The van der Waals surface area contributed by atoms with Gasteiger partial charge in [-0.2, -0.15) is 0 Å². The normalized spacial score (nSPS) is 25.8. The molecule has 4 aliphatic rings. The predicted octanol–water partition coefficient (Wildman–Crippen LogP) is 0.993. The molecule has 0 saturated carbocycles. The van der Waals surface area contributed by atoms with Gasteiger partial charge in [0.2, 0.25) is 5.91 Å². The van der Waals surface area contributed by atoms with Crippen molar-refractivity contribution in [3.63, 3.8) is 0 Å². The Morgan fingerprint density at radius 1 is 1.35 bits per heavy atom. The first-order valence-corrected chi connectivity index (χ1v) is 13.8. The van der Waals surface area contributed by atoms with E-state index in [2.05, 4.69) is 20.8 Å². The molecule has 0 radical (unpaired) electrons. The molecule has 0 aliphatic carbocycles. The van der Waals surface area contributed by atoms with Crippen LogP contribution in [-0.4, -0.2) is 73.3 Å². The molecule has 1 aromatic heterocycles. The molecule has 2 atom stereocenters. The van der Waals surface area contributed by atoms with E-state index in [-0.39, 0.29) is 28.2 Å². The summed E-state index contributed by atoms with van der Waals surface area (Å²) in [5, 5.41) is 30.6. The molecule has 1 aromatic rings. The zero-order valence-electron chi connectivity index (χ0n) is 19.0. The summed E-state index contributed by atoms with van der Waals surface area (Å²) in [6.07, 6.45) is 4.92. The predicted molar refractivity (Wildman–Crippen MR) is 139 cm³/mol. The monoisotopic (exact) mass is 560 g/mol. The molecule has 0 spiro atoms. The molecule has 3 amide bonds. The molecule has 4 aliphatic heterocycles. The summed E-state index contributed by atoms with van der Waals surface area (Å²) < 4.78 is 0. The highest BCUT2D eigenvalue weighted by atomic mass is 32.2. The van der Waals surface area contributed by atoms with Gasteiger partial charge >= 0.3 is 5.97 Å². The van der Waals surface area contributed by atoms with Crippen LogP contribution in [-0.2, 0) is 19.2 Å². The number of amides is 3. The van der Waals surface area contributed by atoms with Crippen molar-refractivity contribution < 1.29 is 29.5 Å². The lowest BCUT2D eigenvalue weighted by molar-refractivity contribution is -0.150. The number of anilines is 1. The van der Waals surface area contributed by atoms with Crippen molar-refractivity contribution in [2.24, 2.45) is 5.16 Å². The molecule has 0 bridgehead atoms. The molecule has 5 heterocycles. The second-order valence-corrected chi connectivity index (χ2v) is 11.2. The largest absolute Gasteiger partial charge is 0.477 e. The molecule has 37 heavy (non-hydrogen) atoms. The number of hydrogen-bond donors (Lipinski definition) is 5. The van der Waals surface area contributed by atoms with Gasteiger partial charge in [0.05, 0.1) is 0 Å². The molecule has 12 nitrogen and oxygen atoms in total. The molecule has 192 valence electrons. The minimum absolute atomic E-state index is 0.0502. The lowest BCUT2D eigenvalue weighted by atomic mass is 9.94. The minimum atomic E-state index is -1.30. The number of carboxylic acids is 1. The van der Waals surface area contributed by atoms with Crippen LogP contribution in [0.2, 0.25) is 0 Å². The topological polar surface area (TPSA) is 187 Å². The van der Waals surface area contributed by atoms with E-state index in [1.54, 1.807) is 0 Å². The van der Waals surface area contributed by atoms with Crippen LogP contribution in [0.4, 0.5) is 5.13 Å². The number of nitrogens with one attached hydrogen (secondary N) is 2. The fraction of sp³-hybridized carbons (Fsp3) is 0.273. The van der Waals surface area contributed by atoms with Gasteiger partial charge in [-0.05, 0) is 34.8 Å². The van der Waals surface area contributed by atoms with Crippen LogP contribution in [0.1, 0.15) is 18.5 Å². The van der Waals surface area contributed by atoms with Crippen LogP contribution in [0.25, 0.3) is 0 Å². The molecule has 5 rings (SSSR count). The highest BCUT2D eigenvalue weighted by Crippen LogP contribution is 2.44. The van der Waals surface area contributed by atoms with Crippen molar-refractivity contribution in [3.8, 4) is 0 Å². The first-order valence-electron chi connectivity index (χ1n) is 11.0. The van der Waals surface area contributed by atoms with Crippen molar-refractivity contribution in [1.82, 2.24) is 20.5 Å². The Kier molecular flexibility index (Phi) is 6.83. The zero-order valence-corrected chi connectivity index (χ0v) is 21.4. The Bertz CT molecular complexity index is 1370. The fourth-order valence-electron chi connectivity index (χ4n) is 4.38. The van der Waals surface area contributed by atoms with Gasteiger partial charge in [-0.15, -0.1) is 34.9 Å². The Morgan fingerprint density at radius 3 is 2.76 bits per heavy atom. The van der Waals surface area contributed by atoms with Crippen LogP contribution in [0.15, 0.2) is 55.4 Å². The van der Waals surface area contributed by atoms with Crippen molar-refractivity contribution >= 4 is 69.4 Å². The standard InChI is InChI=1S/C22H20N6O6S3/c23-22-25-13(8-37-22)14(27-34)18(30)26-15-19(31)28-16(21(32)33)12(7-36-20(15)28)11(6-9-2-1-5-35-9)10-3-4-24-17(10)29/h1,5-6,8,15,20,34H,2-4,7H2,(H2,23,25)(H,24,29)(H,26,30)(H,32,33)/b9-6-,11-10+,27-14-/t15-,20-/m1/s1. The second-order valence-electron chi connectivity index (χ2n) is 8.22. The van der Waals surface area contributed by atoms with Crippen molar-refractivity contribution in [1.29, 1.82) is 0 Å². The number of aliphatic carboxylic acids is 1. The summed E-state index contributed by atoms with van der Waals surface area (Å²) in [5.74, 6) is -2.83. The van der Waals surface area contributed by atoms with E-state index < -0.39 is 34.9 Å². The highest BCUT2D eigenvalue weighted by Gasteiger charge is 2.55. The third-order valence-corrected chi connectivity index (χ3v) is 8.93. The van der Waals surface area contributed by atoms with E-state index in [0.717, 1.165) is 21.1 Å². The molecule has 2 fully saturated rings. The molecule has 15 heteroatoms. The number of hydrogen-bond acceptors (Lipinski definition) is 11. The number of carbonyl (C=O) groups excluding carboxylic acids is 3. The number of β-lactam (4-membered cyclic amide) rings is 1. The first kappa shape index (κ1) is 25.1. The van der Waals surface area contributed by atoms with E-state index in [1.165, 1.54) is 28.9 Å². The number of carboxylic acid groups (broad SMARTS) is 1. The molecular formula is C22H20N6O6S3. The second kappa shape index (κ2) is 10.1. The number of nitrogens with two attached hydrogens (primary N) is 1. The number of carbonyl (C=O) groups is 4. The quantitative estimate of drug-likeness (QED) is 0.110. The summed E-state index contributed by atoms with van der Waals surface area (Å²) in [5.41, 5.74) is 6.39. The maximum absolute atomic E-state index is 13.1. The van der Waals surface area contributed by atoms with Gasteiger partial charge in [0, 0.05) is 28.8 Å². The summed E-state index contributed by atoms with van der Waals surface area (Å²) in [6.45, 7) is 0.452. The fourth-order valence-corrected chi connectivity index (χ4v) is 7.04. The number of aromatic nitrogens is 1. The molecule has 6 N–H and O–H groups in total. The van der Waals surface area contributed by atoms with Gasteiger partial charge in [-0.3, -0.25) is 19.3 Å². The summed E-state index contributed by atoms with van der Waals surface area (Å²) in [6, 6.07) is -1.04. The number of oxime groups is 1. The summed E-state index contributed by atoms with van der Waals surface area (Å²) >= 11 is 3.83. The Morgan fingerprint density at radius 2 is 2.16 bits per heavy atom. The van der Waals surface area contributed by atoms with Gasteiger partial charge in [0.1, 0.15) is 22.8 Å². The number of thiazole rings is 1. The van der Waals surface area contributed by atoms with Gasteiger partial charge < -0.3 is 26.7 Å². The third-order valence-electron chi connectivity index (χ3n) is 6.06. The number of nitrogens with zero attached hydrogens (tertiary/aromatic N) is 3. The van der Waals surface area contributed by atoms with Crippen LogP contribution in [0.5, 0.6) is 0 Å². The van der Waals surface area contributed by atoms with Crippen molar-refractivity contribution in [3.05, 3.63) is 56.0 Å². The van der Waals surface area contributed by atoms with Crippen LogP contribution in [0.3, 0.4) is 0 Å². The lowest BCUT2D eigenvalue weighted by Gasteiger charge is -2.49.